The minimum absolute atomic E-state index is 0.0137. The first-order valence-corrected chi connectivity index (χ1v) is 9.94. The Morgan fingerprint density at radius 3 is 2.48 bits per heavy atom. The lowest BCUT2D eigenvalue weighted by Gasteiger charge is -2.10. The average molecular weight is 389 g/mol. The van der Waals surface area contributed by atoms with Crippen LogP contribution in [-0.2, 0) is 10.0 Å². The molecule has 0 bridgehead atoms. The van der Waals surface area contributed by atoms with E-state index in [1.165, 1.54) is 31.4 Å². The van der Waals surface area contributed by atoms with Crippen LogP contribution in [0.2, 0.25) is 0 Å². The van der Waals surface area contributed by atoms with Crippen LogP contribution in [0.3, 0.4) is 0 Å². The lowest BCUT2D eigenvalue weighted by molar-refractivity contribution is 0.0954. The summed E-state index contributed by atoms with van der Waals surface area (Å²) in [6.45, 7) is 3.84. The highest BCUT2D eigenvalue weighted by molar-refractivity contribution is 7.92. The molecule has 2 aromatic carbocycles. The Bertz CT molecular complexity index is 922. The van der Waals surface area contributed by atoms with Crippen LogP contribution in [0.4, 0.5) is 5.69 Å². The second-order valence-corrected chi connectivity index (χ2v) is 7.58. The van der Waals surface area contributed by atoms with Crippen molar-refractivity contribution < 1.29 is 17.9 Å². The van der Waals surface area contributed by atoms with Gasteiger partial charge in [-0.05, 0) is 55.8 Å². The Morgan fingerprint density at radius 2 is 1.85 bits per heavy atom. The molecule has 0 spiro atoms. The van der Waals surface area contributed by atoms with Crippen LogP contribution in [0.25, 0.3) is 0 Å². The molecule has 0 radical (unpaired) electrons. The summed E-state index contributed by atoms with van der Waals surface area (Å²) in [6, 6.07) is 12.3. The number of hydrogen-bond acceptors (Lipinski definition) is 5. The Hall–Kier alpha value is -2.87. The Balaban J connectivity index is 2.16. The highest BCUT2D eigenvalue weighted by atomic mass is 32.2. The normalized spacial score (nSPS) is 11.7. The number of carbonyl (C=O) groups excluding carboxylic acids is 1. The number of ether oxygens (including phenoxy) is 1. The Labute approximate surface area is 159 Å². The van der Waals surface area contributed by atoms with Gasteiger partial charge in [-0.3, -0.25) is 9.52 Å². The Morgan fingerprint density at radius 1 is 1.15 bits per heavy atom. The highest BCUT2D eigenvalue weighted by Gasteiger charge is 2.16. The summed E-state index contributed by atoms with van der Waals surface area (Å²) in [5.41, 5.74) is 3.85. The summed E-state index contributed by atoms with van der Waals surface area (Å²) in [6.07, 6.45) is 1.70. The number of nitrogens with one attached hydrogen (secondary N) is 2. The molecule has 1 amide bonds. The fourth-order valence-corrected chi connectivity index (χ4v) is 3.41. The number of sulfonamides is 1. The van der Waals surface area contributed by atoms with Crippen molar-refractivity contribution in [3.05, 3.63) is 54.1 Å². The van der Waals surface area contributed by atoms with Crippen molar-refractivity contribution in [1.29, 1.82) is 0 Å². The molecule has 144 valence electrons. The molecule has 27 heavy (non-hydrogen) atoms. The van der Waals surface area contributed by atoms with Gasteiger partial charge in [0.25, 0.3) is 15.9 Å². The first kappa shape index (κ1) is 20.4. The molecule has 0 saturated heterocycles. The smallest absolute Gasteiger partial charge is 0.271 e. The van der Waals surface area contributed by atoms with Crippen LogP contribution < -0.4 is 14.9 Å². The van der Waals surface area contributed by atoms with E-state index in [4.69, 9.17) is 4.74 Å². The molecular formula is C19H23N3O4S. The summed E-state index contributed by atoms with van der Waals surface area (Å²) in [5, 5.41) is 4.01. The maximum atomic E-state index is 12.6. The average Bonchev–Trinajstić information content (AvgIpc) is 2.67. The number of carbonyl (C=O) groups is 1. The number of anilines is 1. The van der Waals surface area contributed by atoms with Gasteiger partial charge in [0.2, 0.25) is 0 Å². The molecule has 0 heterocycles. The molecule has 2 rings (SSSR count). The third-order valence-corrected chi connectivity index (χ3v) is 5.09. The quantitative estimate of drug-likeness (QED) is 0.534. The van der Waals surface area contributed by atoms with Gasteiger partial charge in [-0.1, -0.05) is 19.4 Å². The van der Waals surface area contributed by atoms with Gasteiger partial charge in [-0.15, -0.1) is 0 Å². The van der Waals surface area contributed by atoms with Gasteiger partial charge in [0.1, 0.15) is 5.75 Å². The minimum Gasteiger partial charge on any atom is -0.497 e. The van der Waals surface area contributed by atoms with E-state index in [2.05, 4.69) is 15.2 Å². The molecule has 0 aliphatic heterocycles. The van der Waals surface area contributed by atoms with Gasteiger partial charge in [-0.2, -0.15) is 5.10 Å². The molecule has 7 nitrogen and oxygen atoms in total. The van der Waals surface area contributed by atoms with Crippen LogP contribution in [0, 0.1) is 0 Å². The van der Waals surface area contributed by atoms with Crippen molar-refractivity contribution in [3.8, 4) is 5.75 Å². The van der Waals surface area contributed by atoms with Gasteiger partial charge < -0.3 is 4.74 Å². The molecule has 0 unspecified atom stereocenters. The second-order valence-electron chi connectivity index (χ2n) is 5.90. The van der Waals surface area contributed by atoms with E-state index in [9.17, 15) is 13.2 Å². The zero-order valence-electron chi connectivity index (χ0n) is 15.5. The topological polar surface area (TPSA) is 96.9 Å². The number of hydrogen-bond donors (Lipinski definition) is 2. The maximum absolute atomic E-state index is 12.6. The SMILES string of the molecule is CCC/C(C)=N\NC(=O)c1cccc(S(=O)(=O)Nc2ccc(OC)cc2)c1. The third kappa shape index (κ3) is 5.82. The summed E-state index contributed by atoms with van der Waals surface area (Å²) >= 11 is 0. The number of nitrogens with zero attached hydrogens (tertiary/aromatic N) is 1. The predicted octanol–water partition coefficient (Wildman–Crippen LogP) is 3.40. The first-order chi connectivity index (χ1) is 12.9. The molecular weight excluding hydrogens is 366 g/mol. The summed E-state index contributed by atoms with van der Waals surface area (Å²) in [4.78, 5) is 12.2. The van der Waals surface area contributed by atoms with E-state index >= 15 is 0 Å². The standard InChI is InChI=1S/C19H23N3O4S/c1-4-6-14(2)20-21-19(23)15-7-5-8-18(13-15)27(24,25)22-16-9-11-17(26-3)12-10-16/h5,7-13,22H,4,6H2,1-3H3,(H,21,23)/b20-14-. The van der Waals surface area contributed by atoms with E-state index in [1.807, 2.05) is 13.8 Å². The lowest BCUT2D eigenvalue weighted by atomic mass is 10.2. The molecule has 0 fully saturated rings. The van der Waals surface area contributed by atoms with Gasteiger partial charge in [-0.25, -0.2) is 13.8 Å². The zero-order valence-corrected chi connectivity index (χ0v) is 16.3. The molecule has 2 N–H and O–H groups in total. The van der Waals surface area contributed by atoms with Crippen LogP contribution in [0.15, 0.2) is 58.5 Å². The van der Waals surface area contributed by atoms with E-state index in [1.54, 1.807) is 24.3 Å². The van der Waals surface area contributed by atoms with Crippen molar-refractivity contribution in [2.75, 3.05) is 11.8 Å². The number of hydrazone groups is 1. The molecule has 8 heteroatoms. The van der Waals surface area contributed by atoms with E-state index in [-0.39, 0.29) is 10.5 Å². The third-order valence-electron chi connectivity index (χ3n) is 3.71. The van der Waals surface area contributed by atoms with E-state index in [0.717, 1.165) is 18.6 Å². The molecule has 0 aromatic heterocycles. The van der Waals surface area contributed by atoms with E-state index < -0.39 is 15.9 Å². The van der Waals surface area contributed by atoms with Gasteiger partial charge in [0.15, 0.2) is 0 Å². The number of benzene rings is 2. The summed E-state index contributed by atoms with van der Waals surface area (Å²) < 4.78 is 32.7. The number of rotatable bonds is 8. The monoisotopic (exact) mass is 389 g/mol. The molecule has 0 atom stereocenters. The van der Waals surface area contributed by atoms with Crippen LogP contribution in [-0.4, -0.2) is 27.1 Å². The van der Waals surface area contributed by atoms with Crippen LogP contribution >= 0.6 is 0 Å². The molecule has 0 saturated carbocycles. The first-order valence-electron chi connectivity index (χ1n) is 8.46. The van der Waals surface area contributed by atoms with Crippen LogP contribution in [0.5, 0.6) is 5.75 Å². The molecule has 2 aromatic rings. The van der Waals surface area contributed by atoms with Crippen molar-refractivity contribution in [2.45, 2.75) is 31.6 Å². The Kier molecular flexibility index (Phi) is 6.95. The van der Waals surface area contributed by atoms with Gasteiger partial charge >= 0.3 is 0 Å². The zero-order chi connectivity index (χ0) is 19.9. The van der Waals surface area contributed by atoms with Gasteiger partial charge in [0.05, 0.1) is 12.0 Å². The molecule has 0 aliphatic carbocycles. The number of methoxy groups -OCH3 is 1. The lowest BCUT2D eigenvalue weighted by Crippen LogP contribution is -2.20. The van der Waals surface area contributed by atoms with Crippen LogP contribution in [0.1, 0.15) is 37.0 Å². The summed E-state index contributed by atoms with van der Waals surface area (Å²) in [7, 11) is -2.30. The van der Waals surface area contributed by atoms with E-state index in [0.29, 0.717) is 11.4 Å². The maximum Gasteiger partial charge on any atom is 0.271 e. The van der Waals surface area contributed by atoms with Crippen molar-refractivity contribution in [2.24, 2.45) is 5.10 Å². The van der Waals surface area contributed by atoms with Gasteiger partial charge in [0, 0.05) is 17.0 Å². The van der Waals surface area contributed by atoms with Crippen molar-refractivity contribution >= 4 is 27.3 Å². The predicted molar refractivity (Wildman–Crippen MR) is 106 cm³/mol. The van der Waals surface area contributed by atoms with Crippen molar-refractivity contribution in [1.82, 2.24) is 5.43 Å². The largest absolute Gasteiger partial charge is 0.497 e. The highest BCUT2D eigenvalue weighted by Crippen LogP contribution is 2.20. The minimum atomic E-state index is -3.84. The number of amides is 1. The molecule has 0 aliphatic rings. The second kappa shape index (κ2) is 9.18. The summed E-state index contributed by atoms with van der Waals surface area (Å²) in [5.74, 6) is 0.155. The fourth-order valence-electron chi connectivity index (χ4n) is 2.31. The van der Waals surface area contributed by atoms with Crippen molar-refractivity contribution in [3.63, 3.8) is 0 Å². The fraction of sp³-hybridized carbons (Fsp3) is 0.263.